The molecule has 0 spiro atoms. The van der Waals surface area contributed by atoms with Crippen LogP contribution >= 0.6 is 0 Å². The molecule has 2 aromatic rings. The molecule has 108 valence electrons. The molecular formula is C16H24O2Si2. The summed E-state index contributed by atoms with van der Waals surface area (Å²) in [5.41, 5.74) is 0. The Labute approximate surface area is 127 Å². The third-order valence-corrected chi connectivity index (χ3v) is 6.58. The monoisotopic (exact) mass is 304 g/mol. The first-order valence-electron chi connectivity index (χ1n) is 6.72. The summed E-state index contributed by atoms with van der Waals surface area (Å²) in [4.78, 5) is 0. The zero-order chi connectivity index (χ0) is 13.6. The van der Waals surface area contributed by atoms with Gasteiger partial charge in [0, 0.05) is 13.2 Å². The van der Waals surface area contributed by atoms with E-state index < -0.39 is 8.56 Å². The van der Waals surface area contributed by atoms with E-state index in [-0.39, 0.29) is 11.0 Å². The molecule has 0 fully saturated rings. The lowest BCUT2D eigenvalue weighted by atomic mass is 10.4. The van der Waals surface area contributed by atoms with Gasteiger partial charge in [-0.3, -0.25) is 0 Å². The summed E-state index contributed by atoms with van der Waals surface area (Å²) >= 11 is 0. The van der Waals surface area contributed by atoms with Crippen LogP contribution in [0.15, 0.2) is 60.7 Å². The molecule has 0 saturated heterocycles. The van der Waals surface area contributed by atoms with E-state index in [1.165, 1.54) is 0 Å². The van der Waals surface area contributed by atoms with Crippen LogP contribution in [0.1, 0.15) is 13.8 Å². The quantitative estimate of drug-likeness (QED) is 0.737. The van der Waals surface area contributed by atoms with Gasteiger partial charge in [-0.15, -0.1) is 0 Å². The zero-order valence-corrected chi connectivity index (χ0v) is 12.5. The van der Waals surface area contributed by atoms with E-state index in [1.807, 2.05) is 50.2 Å². The van der Waals surface area contributed by atoms with Crippen molar-refractivity contribution in [2.45, 2.75) is 13.8 Å². The lowest BCUT2D eigenvalue weighted by molar-refractivity contribution is 0.208. The minimum Gasteiger partial charge on any atom is -0.388 e. The minimum absolute atomic E-state index is 0. The Balaban J connectivity index is 0.00000200. The summed E-state index contributed by atoms with van der Waals surface area (Å²) in [6, 6.07) is 20.6. The van der Waals surface area contributed by atoms with Crippen molar-refractivity contribution in [3.8, 4) is 0 Å². The van der Waals surface area contributed by atoms with Crippen LogP contribution in [-0.2, 0) is 8.85 Å². The van der Waals surface area contributed by atoms with Crippen molar-refractivity contribution in [3.63, 3.8) is 0 Å². The maximum Gasteiger partial charge on any atom is 0.407 e. The maximum absolute atomic E-state index is 6.16. The van der Waals surface area contributed by atoms with Gasteiger partial charge in [0.05, 0.1) is 0 Å². The van der Waals surface area contributed by atoms with Crippen LogP contribution in [0.4, 0.5) is 0 Å². The Morgan fingerprint density at radius 2 is 1.05 bits per heavy atom. The van der Waals surface area contributed by atoms with Crippen LogP contribution < -0.4 is 10.4 Å². The Bertz CT molecular complexity index is 441. The molecule has 2 nitrogen and oxygen atoms in total. The van der Waals surface area contributed by atoms with Gasteiger partial charge in [-0.2, -0.15) is 0 Å². The first-order chi connectivity index (χ1) is 9.33. The first-order valence-corrected chi connectivity index (χ1v) is 8.54. The van der Waals surface area contributed by atoms with Crippen molar-refractivity contribution < 1.29 is 8.85 Å². The lowest BCUT2D eigenvalue weighted by Gasteiger charge is -2.30. The second-order valence-corrected chi connectivity index (χ2v) is 7.18. The Kier molecular flexibility index (Phi) is 6.88. The average Bonchev–Trinajstić information content (AvgIpc) is 2.49. The van der Waals surface area contributed by atoms with Crippen molar-refractivity contribution in [2.75, 3.05) is 13.2 Å². The van der Waals surface area contributed by atoms with Crippen molar-refractivity contribution in [1.82, 2.24) is 0 Å². The smallest absolute Gasteiger partial charge is 0.388 e. The van der Waals surface area contributed by atoms with Gasteiger partial charge in [0.25, 0.3) is 0 Å². The molecule has 4 heteroatoms. The highest BCUT2D eigenvalue weighted by Gasteiger charge is 2.41. The normalized spacial score (nSPS) is 10.9. The highest BCUT2D eigenvalue weighted by molar-refractivity contribution is 6.92. The van der Waals surface area contributed by atoms with Gasteiger partial charge in [0.2, 0.25) is 0 Å². The molecule has 0 aliphatic heterocycles. The van der Waals surface area contributed by atoms with E-state index in [0.717, 1.165) is 10.4 Å². The molecule has 0 aliphatic carbocycles. The second-order valence-electron chi connectivity index (χ2n) is 4.21. The molecule has 0 N–H and O–H groups in total. The second kappa shape index (κ2) is 8.16. The molecule has 0 aliphatic rings. The molecule has 2 aromatic carbocycles. The fraction of sp³-hybridized carbons (Fsp3) is 0.250. The van der Waals surface area contributed by atoms with Crippen molar-refractivity contribution >= 4 is 29.9 Å². The van der Waals surface area contributed by atoms with E-state index in [9.17, 15) is 0 Å². The third kappa shape index (κ3) is 3.46. The van der Waals surface area contributed by atoms with Crippen LogP contribution in [0.5, 0.6) is 0 Å². The van der Waals surface area contributed by atoms with Crippen LogP contribution in [0.25, 0.3) is 0 Å². The van der Waals surface area contributed by atoms with Gasteiger partial charge in [-0.1, -0.05) is 60.7 Å². The maximum atomic E-state index is 6.16. The summed E-state index contributed by atoms with van der Waals surface area (Å²) < 4.78 is 12.3. The van der Waals surface area contributed by atoms with Gasteiger partial charge in [0.15, 0.2) is 0 Å². The number of hydrogen-bond donors (Lipinski definition) is 0. The summed E-state index contributed by atoms with van der Waals surface area (Å²) in [6.45, 7) is 5.34. The van der Waals surface area contributed by atoms with Gasteiger partial charge in [-0.25, -0.2) is 0 Å². The van der Waals surface area contributed by atoms with E-state index in [2.05, 4.69) is 24.3 Å². The van der Waals surface area contributed by atoms with E-state index in [0.29, 0.717) is 13.2 Å². The number of benzene rings is 2. The van der Waals surface area contributed by atoms with E-state index in [1.54, 1.807) is 0 Å². The molecule has 0 aromatic heterocycles. The predicted molar refractivity (Wildman–Crippen MR) is 92.5 cm³/mol. The summed E-state index contributed by atoms with van der Waals surface area (Å²) in [5, 5.41) is 2.31. The molecule has 0 atom stereocenters. The SMILES string of the molecule is CCO[Si](OCC)(c1ccccc1)c1ccccc1.[SiH4]. The number of hydrogen-bond acceptors (Lipinski definition) is 2. The Morgan fingerprint density at radius 3 is 1.35 bits per heavy atom. The van der Waals surface area contributed by atoms with E-state index in [4.69, 9.17) is 8.85 Å². The van der Waals surface area contributed by atoms with Crippen LogP contribution in [0, 0.1) is 0 Å². The molecule has 2 rings (SSSR count). The van der Waals surface area contributed by atoms with Crippen LogP contribution in [-0.4, -0.2) is 32.7 Å². The molecular weight excluding hydrogens is 280 g/mol. The number of rotatable bonds is 6. The first kappa shape index (κ1) is 16.8. The Morgan fingerprint density at radius 1 is 0.700 bits per heavy atom. The minimum atomic E-state index is -2.55. The van der Waals surface area contributed by atoms with Gasteiger partial charge in [-0.05, 0) is 35.2 Å². The predicted octanol–water partition coefficient (Wildman–Crippen LogP) is 0.864. The third-order valence-electron chi connectivity index (χ3n) is 3.00. The van der Waals surface area contributed by atoms with Gasteiger partial charge in [0.1, 0.15) is 0 Å². The lowest BCUT2D eigenvalue weighted by Crippen LogP contribution is -2.63. The molecule has 0 heterocycles. The fourth-order valence-electron chi connectivity index (χ4n) is 2.26. The fourth-order valence-corrected chi connectivity index (χ4v) is 5.42. The zero-order valence-electron chi connectivity index (χ0n) is 11.5. The Hall–Kier alpha value is -1.21. The van der Waals surface area contributed by atoms with Crippen LogP contribution in [0.3, 0.4) is 0 Å². The molecule has 0 unspecified atom stereocenters. The largest absolute Gasteiger partial charge is 0.407 e. The van der Waals surface area contributed by atoms with Crippen molar-refractivity contribution in [1.29, 1.82) is 0 Å². The highest BCUT2D eigenvalue weighted by atomic mass is 28.4. The molecule has 0 bridgehead atoms. The van der Waals surface area contributed by atoms with E-state index >= 15 is 0 Å². The summed E-state index contributed by atoms with van der Waals surface area (Å²) in [7, 11) is -2.55. The van der Waals surface area contributed by atoms with Crippen molar-refractivity contribution in [3.05, 3.63) is 60.7 Å². The summed E-state index contributed by atoms with van der Waals surface area (Å²) in [6.07, 6.45) is 0. The standard InChI is InChI=1S/C16H20O2Si.H4Si/c1-3-17-19(18-4-2,15-11-7-5-8-12-15)16-13-9-6-10-14-16;/h5-14H,3-4H2,1-2H3;1H4. The van der Waals surface area contributed by atoms with Crippen molar-refractivity contribution in [2.24, 2.45) is 0 Å². The summed E-state index contributed by atoms with van der Waals surface area (Å²) in [5.74, 6) is 0. The van der Waals surface area contributed by atoms with Gasteiger partial charge >= 0.3 is 8.56 Å². The molecule has 0 radical (unpaired) electrons. The average molecular weight is 305 g/mol. The van der Waals surface area contributed by atoms with Crippen LogP contribution in [0.2, 0.25) is 0 Å². The van der Waals surface area contributed by atoms with Gasteiger partial charge < -0.3 is 8.85 Å². The molecule has 0 amide bonds. The highest BCUT2D eigenvalue weighted by Crippen LogP contribution is 2.09. The molecule has 20 heavy (non-hydrogen) atoms. The topological polar surface area (TPSA) is 18.5 Å². The molecule has 0 saturated carbocycles.